The van der Waals surface area contributed by atoms with Gasteiger partial charge < -0.3 is 15.5 Å². The smallest absolute Gasteiger partial charge is 0.222 e. The molecule has 2 saturated heterocycles. The summed E-state index contributed by atoms with van der Waals surface area (Å²) in [6, 6.07) is 0. The van der Waals surface area contributed by atoms with Crippen LogP contribution in [-0.2, 0) is 9.59 Å². The Hall–Kier alpha value is -0.810. The maximum absolute atomic E-state index is 11.9. The Morgan fingerprint density at radius 3 is 2.91 bits per heavy atom. The molecule has 0 aromatic heterocycles. The molecule has 128 valence electrons. The second kappa shape index (κ2) is 10.1. The topological polar surface area (TPSA) is 61.4 Å². The minimum atomic E-state index is 0. The van der Waals surface area contributed by atoms with Crippen molar-refractivity contribution in [2.75, 3.05) is 32.7 Å². The molecule has 0 aromatic carbocycles. The second-order valence-corrected chi connectivity index (χ2v) is 6.48. The lowest BCUT2D eigenvalue weighted by atomic mass is 9.85. The van der Waals surface area contributed by atoms with Crippen molar-refractivity contribution in [3.63, 3.8) is 0 Å². The number of hydrogen-bond acceptors (Lipinski definition) is 3. The number of hydrogen-bond donors (Lipinski definition) is 2. The number of piperidine rings is 1. The van der Waals surface area contributed by atoms with Crippen molar-refractivity contribution in [2.24, 2.45) is 11.8 Å². The largest absolute Gasteiger partial charge is 0.356 e. The minimum Gasteiger partial charge on any atom is -0.356 e. The number of carbonyl (C=O) groups excluding carboxylic acids is 2. The number of nitrogens with one attached hydrogen (secondary N) is 2. The van der Waals surface area contributed by atoms with Gasteiger partial charge in [-0.1, -0.05) is 6.92 Å². The van der Waals surface area contributed by atoms with Crippen molar-refractivity contribution in [1.82, 2.24) is 15.5 Å². The Balaban J connectivity index is 0.00000242. The normalized spacial score (nSPS) is 23.0. The van der Waals surface area contributed by atoms with Gasteiger partial charge in [0.1, 0.15) is 0 Å². The number of amides is 2. The van der Waals surface area contributed by atoms with Crippen molar-refractivity contribution in [1.29, 1.82) is 0 Å². The van der Waals surface area contributed by atoms with Gasteiger partial charge in [0.2, 0.25) is 11.8 Å². The van der Waals surface area contributed by atoms with Gasteiger partial charge in [0.25, 0.3) is 0 Å². The maximum atomic E-state index is 11.9. The van der Waals surface area contributed by atoms with Gasteiger partial charge in [-0.25, -0.2) is 0 Å². The SMILES string of the molecule is CC(CC(=O)NCCCN1CCCC1=O)C1CCCNC1.Cl. The van der Waals surface area contributed by atoms with Crippen LogP contribution in [0.1, 0.15) is 45.4 Å². The lowest BCUT2D eigenvalue weighted by molar-refractivity contribution is -0.127. The lowest BCUT2D eigenvalue weighted by Crippen LogP contribution is -2.36. The van der Waals surface area contributed by atoms with E-state index >= 15 is 0 Å². The van der Waals surface area contributed by atoms with E-state index in [4.69, 9.17) is 0 Å². The highest BCUT2D eigenvalue weighted by Crippen LogP contribution is 2.22. The number of nitrogens with zero attached hydrogens (tertiary/aromatic N) is 1. The fourth-order valence-electron chi connectivity index (χ4n) is 3.33. The van der Waals surface area contributed by atoms with Gasteiger partial charge in [0.05, 0.1) is 0 Å². The van der Waals surface area contributed by atoms with E-state index in [2.05, 4.69) is 17.6 Å². The van der Waals surface area contributed by atoms with Gasteiger partial charge in [0, 0.05) is 32.5 Å². The Morgan fingerprint density at radius 1 is 1.45 bits per heavy atom. The summed E-state index contributed by atoms with van der Waals surface area (Å²) in [4.78, 5) is 25.3. The molecule has 6 heteroatoms. The summed E-state index contributed by atoms with van der Waals surface area (Å²) in [5, 5.41) is 6.40. The van der Waals surface area contributed by atoms with Crippen LogP contribution < -0.4 is 10.6 Å². The molecule has 2 aliphatic rings. The quantitative estimate of drug-likeness (QED) is 0.696. The molecule has 2 aliphatic heterocycles. The fourth-order valence-corrected chi connectivity index (χ4v) is 3.33. The van der Waals surface area contributed by atoms with E-state index in [0.29, 0.717) is 31.2 Å². The molecule has 0 bridgehead atoms. The molecule has 2 fully saturated rings. The van der Waals surface area contributed by atoms with E-state index in [1.807, 2.05) is 4.90 Å². The third-order valence-electron chi connectivity index (χ3n) is 4.75. The van der Waals surface area contributed by atoms with Crippen LogP contribution in [0.15, 0.2) is 0 Å². The van der Waals surface area contributed by atoms with E-state index in [1.54, 1.807) is 0 Å². The zero-order valence-corrected chi connectivity index (χ0v) is 14.4. The number of carbonyl (C=O) groups is 2. The van der Waals surface area contributed by atoms with E-state index in [9.17, 15) is 9.59 Å². The van der Waals surface area contributed by atoms with Crippen LogP contribution in [0.2, 0.25) is 0 Å². The minimum absolute atomic E-state index is 0. The third-order valence-corrected chi connectivity index (χ3v) is 4.75. The molecular formula is C16H30ClN3O2. The van der Waals surface area contributed by atoms with Crippen molar-refractivity contribution < 1.29 is 9.59 Å². The highest BCUT2D eigenvalue weighted by atomic mass is 35.5. The number of likely N-dealkylation sites (tertiary alicyclic amines) is 1. The Labute approximate surface area is 140 Å². The Kier molecular flexibility index (Phi) is 8.79. The van der Waals surface area contributed by atoms with Gasteiger partial charge in [-0.3, -0.25) is 9.59 Å². The van der Waals surface area contributed by atoms with E-state index < -0.39 is 0 Å². The molecule has 2 amide bonds. The molecule has 2 rings (SSSR count). The zero-order valence-electron chi connectivity index (χ0n) is 13.6. The molecule has 2 heterocycles. The van der Waals surface area contributed by atoms with Crippen molar-refractivity contribution >= 4 is 24.2 Å². The molecule has 0 saturated carbocycles. The maximum Gasteiger partial charge on any atom is 0.222 e. The van der Waals surface area contributed by atoms with E-state index in [0.717, 1.165) is 39.0 Å². The molecule has 0 spiro atoms. The van der Waals surface area contributed by atoms with Crippen LogP contribution in [0.5, 0.6) is 0 Å². The van der Waals surface area contributed by atoms with Crippen LogP contribution >= 0.6 is 12.4 Å². The van der Waals surface area contributed by atoms with Crippen LogP contribution in [0.25, 0.3) is 0 Å². The monoisotopic (exact) mass is 331 g/mol. The molecule has 0 aliphatic carbocycles. The van der Waals surface area contributed by atoms with Gasteiger partial charge in [-0.05, 0) is 50.6 Å². The van der Waals surface area contributed by atoms with Gasteiger partial charge in [-0.15, -0.1) is 12.4 Å². The first-order chi connectivity index (χ1) is 10.2. The van der Waals surface area contributed by atoms with Gasteiger partial charge >= 0.3 is 0 Å². The standard InChI is InChI=1S/C16H29N3O2.ClH/c1-13(14-5-2-7-17-12-14)11-15(20)18-8-4-10-19-9-3-6-16(19)21;/h13-14,17H,2-12H2,1H3,(H,18,20);1H. The first kappa shape index (κ1) is 19.2. The molecule has 2 unspecified atom stereocenters. The van der Waals surface area contributed by atoms with Gasteiger partial charge in [-0.2, -0.15) is 0 Å². The highest BCUT2D eigenvalue weighted by molar-refractivity contribution is 5.85. The number of rotatable bonds is 7. The summed E-state index contributed by atoms with van der Waals surface area (Å²) >= 11 is 0. The summed E-state index contributed by atoms with van der Waals surface area (Å²) in [7, 11) is 0. The second-order valence-electron chi connectivity index (χ2n) is 6.48. The van der Waals surface area contributed by atoms with Crippen molar-refractivity contribution in [3.8, 4) is 0 Å². The molecule has 5 nitrogen and oxygen atoms in total. The summed E-state index contributed by atoms with van der Waals surface area (Å²) < 4.78 is 0. The molecule has 0 radical (unpaired) electrons. The molecule has 0 aromatic rings. The van der Waals surface area contributed by atoms with Crippen molar-refractivity contribution in [2.45, 2.75) is 45.4 Å². The average molecular weight is 332 g/mol. The number of halogens is 1. The van der Waals surface area contributed by atoms with Crippen LogP contribution in [-0.4, -0.2) is 49.4 Å². The summed E-state index contributed by atoms with van der Waals surface area (Å²) in [6.07, 6.45) is 5.61. The van der Waals surface area contributed by atoms with Crippen molar-refractivity contribution in [3.05, 3.63) is 0 Å². The average Bonchev–Trinajstić information content (AvgIpc) is 2.90. The predicted octanol–water partition coefficient (Wildman–Crippen LogP) is 1.56. The predicted molar refractivity (Wildman–Crippen MR) is 90.1 cm³/mol. The third kappa shape index (κ3) is 6.13. The van der Waals surface area contributed by atoms with Crippen LogP contribution in [0.3, 0.4) is 0 Å². The highest BCUT2D eigenvalue weighted by Gasteiger charge is 2.22. The van der Waals surface area contributed by atoms with Crippen LogP contribution in [0.4, 0.5) is 0 Å². The zero-order chi connectivity index (χ0) is 15.1. The first-order valence-corrected chi connectivity index (χ1v) is 8.42. The first-order valence-electron chi connectivity index (χ1n) is 8.42. The Bertz CT molecular complexity index is 359. The van der Waals surface area contributed by atoms with Crippen LogP contribution in [0, 0.1) is 11.8 Å². The Morgan fingerprint density at radius 2 is 2.27 bits per heavy atom. The van der Waals surface area contributed by atoms with E-state index in [1.165, 1.54) is 12.8 Å². The lowest BCUT2D eigenvalue weighted by Gasteiger charge is -2.28. The van der Waals surface area contributed by atoms with Gasteiger partial charge in [0.15, 0.2) is 0 Å². The summed E-state index contributed by atoms with van der Waals surface area (Å²) in [6.45, 7) is 6.69. The molecule has 2 N–H and O–H groups in total. The molecular weight excluding hydrogens is 302 g/mol. The van der Waals surface area contributed by atoms with E-state index in [-0.39, 0.29) is 24.2 Å². The molecule has 2 atom stereocenters. The summed E-state index contributed by atoms with van der Waals surface area (Å²) in [5.74, 6) is 1.49. The molecule has 22 heavy (non-hydrogen) atoms. The summed E-state index contributed by atoms with van der Waals surface area (Å²) in [5.41, 5.74) is 0. The fraction of sp³-hybridized carbons (Fsp3) is 0.875.